The third-order valence-corrected chi connectivity index (χ3v) is 2.55. The lowest BCUT2D eigenvalue weighted by atomic mass is 9.67. The first-order chi connectivity index (χ1) is 5.25. The molecule has 64 valence electrons. The van der Waals surface area contributed by atoms with Gasteiger partial charge in [-0.2, -0.15) is 0 Å². The fourth-order valence-corrected chi connectivity index (χ4v) is 1.65. The quantitative estimate of drug-likeness (QED) is 0.613. The van der Waals surface area contributed by atoms with Crippen LogP contribution in [0.5, 0.6) is 0 Å². The minimum Gasteiger partial charge on any atom is -0.469 e. The van der Waals surface area contributed by atoms with E-state index in [2.05, 4.69) is 0 Å². The zero-order chi connectivity index (χ0) is 8.32. The Labute approximate surface area is 66.9 Å². The summed E-state index contributed by atoms with van der Waals surface area (Å²) in [6, 6.07) is 0. The molecule has 0 aromatic rings. The minimum atomic E-state index is -0.205. The average Bonchev–Trinajstić information content (AvgIpc) is 1.95. The molecule has 11 heavy (non-hydrogen) atoms. The van der Waals surface area contributed by atoms with Crippen molar-refractivity contribution in [1.82, 2.24) is 0 Å². The van der Waals surface area contributed by atoms with E-state index in [9.17, 15) is 4.79 Å². The summed E-state index contributed by atoms with van der Waals surface area (Å²) in [7, 11) is 1.44. The summed E-state index contributed by atoms with van der Waals surface area (Å²) in [6.45, 7) is 0.578. The van der Waals surface area contributed by atoms with Crippen LogP contribution in [0.1, 0.15) is 25.7 Å². The lowest BCUT2D eigenvalue weighted by molar-refractivity contribution is -0.158. The summed E-state index contributed by atoms with van der Waals surface area (Å²) in [5.41, 5.74) is 5.20. The van der Waals surface area contributed by atoms with Crippen LogP contribution in [0.15, 0.2) is 0 Å². The van der Waals surface area contributed by atoms with E-state index in [0.717, 1.165) is 25.7 Å². The van der Waals surface area contributed by atoms with Gasteiger partial charge in [-0.1, -0.05) is 6.42 Å². The highest BCUT2D eigenvalue weighted by Crippen LogP contribution is 2.44. The maximum atomic E-state index is 11.2. The third kappa shape index (κ3) is 1.38. The molecule has 3 nitrogen and oxygen atoms in total. The van der Waals surface area contributed by atoms with Crippen molar-refractivity contribution >= 4 is 5.97 Å². The van der Waals surface area contributed by atoms with Crippen LogP contribution in [-0.2, 0) is 9.53 Å². The maximum Gasteiger partial charge on any atom is 0.311 e. The second-order valence-electron chi connectivity index (χ2n) is 3.16. The van der Waals surface area contributed by atoms with E-state index < -0.39 is 0 Å². The highest BCUT2D eigenvalue weighted by Gasteiger charge is 2.44. The predicted octanol–water partition coefficient (Wildman–Crippen LogP) is 0.678. The molecule has 0 amide bonds. The summed E-state index contributed by atoms with van der Waals surface area (Å²) < 4.78 is 4.72. The van der Waals surface area contributed by atoms with Crippen LogP contribution in [0.25, 0.3) is 0 Å². The summed E-state index contributed by atoms with van der Waals surface area (Å²) >= 11 is 0. The monoisotopic (exact) mass is 157 g/mol. The summed E-state index contributed by atoms with van der Waals surface area (Å²) in [4.78, 5) is 11.2. The zero-order valence-corrected chi connectivity index (χ0v) is 6.93. The Morgan fingerprint density at radius 2 is 2.27 bits per heavy atom. The molecule has 1 fully saturated rings. The number of carbonyl (C=O) groups is 1. The molecule has 1 aliphatic rings. The van der Waals surface area contributed by atoms with Gasteiger partial charge in [0.25, 0.3) is 0 Å². The van der Waals surface area contributed by atoms with Crippen LogP contribution < -0.4 is 5.73 Å². The Morgan fingerprint density at radius 1 is 1.64 bits per heavy atom. The molecule has 0 unspecified atom stereocenters. The van der Waals surface area contributed by atoms with Crippen molar-refractivity contribution in [3.05, 3.63) is 0 Å². The number of hydrogen-bond acceptors (Lipinski definition) is 3. The van der Waals surface area contributed by atoms with Gasteiger partial charge in [0.15, 0.2) is 0 Å². The van der Waals surface area contributed by atoms with Crippen LogP contribution in [0, 0.1) is 5.41 Å². The van der Waals surface area contributed by atoms with Crippen molar-refractivity contribution in [2.24, 2.45) is 11.1 Å². The molecular weight excluding hydrogens is 142 g/mol. The number of carbonyl (C=O) groups excluding carboxylic acids is 1. The van der Waals surface area contributed by atoms with E-state index in [1.807, 2.05) is 0 Å². The number of nitrogens with two attached hydrogens (primary N) is 1. The second kappa shape index (κ2) is 3.22. The Bertz CT molecular complexity index is 152. The molecule has 0 radical (unpaired) electrons. The van der Waals surface area contributed by atoms with E-state index in [0.29, 0.717) is 6.54 Å². The first-order valence-electron chi connectivity index (χ1n) is 4.04. The number of methoxy groups -OCH3 is 1. The molecular formula is C8H15NO2. The van der Waals surface area contributed by atoms with E-state index >= 15 is 0 Å². The molecule has 1 aliphatic carbocycles. The van der Waals surface area contributed by atoms with Crippen molar-refractivity contribution in [1.29, 1.82) is 0 Å². The van der Waals surface area contributed by atoms with Crippen molar-refractivity contribution in [2.45, 2.75) is 25.7 Å². The topological polar surface area (TPSA) is 52.3 Å². The van der Waals surface area contributed by atoms with Crippen molar-refractivity contribution in [3.63, 3.8) is 0 Å². The van der Waals surface area contributed by atoms with Gasteiger partial charge in [-0.15, -0.1) is 0 Å². The summed E-state index contributed by atoms with van der Waals surface area (Å²) in [5, 5.41) is 0. The SMILES string of the molecule is COC(=O)C1(CCN)CCC1. The van der Waals surface area contributed by atoms with Gasteiger partial charge in [-0.25, -0.2) is 0 Å². The maximum absolute atomic E-state index is 11.2. The Hall–Kier alpha value is -0.570. The second-order valence-corrected chi connectivity index (χ2v) is 3.16. The Kier molecular flexibility index (Phi) is 2.49. The third-order valence-electron chi connectivity index (χ3n) is 2.55. The van der Waals surface area contributed by atoms with Crippen molar-refractivity contribution in [3.8, 4) is 0 Å². The van der Waals surface area contributed by atoms with Crippen LogP contribution in [0.2, 0.25) is 0 Å². The molecule has 0 bridgehead atoms. The number of hydrogen-bond donors (Lipinski definition) is 1. The molecule has 2 N–H and O–H groups in total. The van der Waals surface area contributed by atoms with Crippen molar-refractivity contribution < 1.29 is 9.53 Å². The normalized spacial score (nSPS) is 20.5. The molecule has 0 heterocycles. The first-order valence-corrected chi connectivity index (χ1v) is 4.04. The lowest BCUT2D eigenvalue weighted by Gasteiger charge is -2.38. The Morgan fingerprint density at radius 3 is 2.55 bits per heavy atom. The van der Waals surface area contributed by atoms with Crippen LogP contribution in [-0.4, -0.2) is 19.6 Å². The van der Waals surface area contributed by atoms with Gasteiger partial charge in [0, 0.05) is 0 Å². The molecule has 0 aromatic carbocycles. The van der Waals surface area contributed by atoms with E-state index in [4.69, 9.17) is 10.5 Å². The molecule has 0 aliphatic heterocycles. The van der Waals surface area contributed by atoms with Gasteiger partial charge in [-0.3, -0.25) is 4.79 Å². The Balaban J connectivity index is 2.52. The molecule has 0 atom stereocenters. The zero-order valence-electron chi connectivity index (χ0n) is 6.93. The van der Waals surface area contributed by atoms with Gasteiger partial charge >= 0.3 is 5.97 Å². The van der Waals surface area contributed by atoms with Crippen LogP contribution in [0.4, 0.5) is 0 Å². The van der Waals surface area contributed by atoms with Gasteiger partial charge in [-0.05, 0) is 25.8 Å². The highest BCUT2D eigenvalue weighted by atomic mass is 16.5. The smallest absolute Gasteiger partial charge is 0.311 e. The van der Waals surface area contributed by atoms with Gasteiger partial charge in [0.05, 0.1) is 12.5 Å². The fourth-order valence-electron chi connectivity index (χ4n) is 1.65. The molecule has 1 rings (SSSR count). The molecule has 0 spiro atoms. The van der Waals surface area contributed by atoms with Crippen LogP contribution >= 0.6 is 0 Å². The molecule has 3 heteroatoms. The van der Waals surface area contributed by atoms with E-state index in [-0.39, 0.29) is 11.4 Å². The lowest BCUT2D eigenvalue weighted by Crippen LogP contribution is -2.40. The number of rotatable bonds is 3. The number of esters is 1. The van der Waals surface area contributed by atoms with Crippen molar-refractivity contribution in [2.75, 3.05) is 13.7 Å². The predicted molar refractivity (Wildman–Crippen MR) is 42.0 cm³/mol. The highest BCUT2D eigenvalue weighted by molar-refractivity contribution is 5.77. The van der Waals surface area contributed by atoms with Crippen LogP contribution in [0.3, 0.4) is 0 Å². The number of ether oxygens (including phenoxy) is 1. The minimum absolute atomic E-state index is 0.0748. The van der Waals surface area contributed by atoms with E-state index in [1.54, 1.807) is 0 Å². The van der Waals surface area contributed by atoms with Gasteiger partial charge < -0.3 is 10.5 Å². The average molecular weight is 157 g/mol. The van der Waals surface area contributed by atoms with E-state index in [1.165, 1.54) is 7.11 Å². The summed E-state index contributed by atoms with van der Waals surface area (Å²) in [6.07, 6.45) is 3.82. The molecule has 0 saturated heterocycles. The van der Waals surface area contributed by atoms with Gasteiger partial charge in [0.1, 0.15) is 0 Å². The first kappa shape index (κ1) is 8.53. The standard InChI is InChI=1S/C8H15NO2/c1-11-7(10)8(5-6-9)3-2-4-8/h2-6,9H2,1H3. The summed E-state index contributed by atoms with van der Waals surface area (Å²) in [5.74, 6) is -0.0748. The molecule has 1 saturated carbocycles. The molecule has 0 aromatic heterocycles. The van der Waals surface area contributed by atoms with Gasteiger partial charge in [0.2, 0.25) is 0 Å². The fraction of sp³-hybridized carbons (Fsp3) is 0.875. The largest absolute Gasteiger partial charge is 0.469 e.